The molecule has 0 saturated heterocycles. The van der Waals surface area contributed by atoms with Gasteiger partial charge in [-0.2, -0.15) is 17.4 Å². The fraction of sp³-hybridized carbons (Fsp3) is 1.00. The fourth-order valence-electron chi connectivity index (χ4n) is 1.58. The molecule has 17 heavy (non-hydrogen) atoms. The Morgan fingerprint density at radius 2 is 1.76 bits per heavy atom. The van der Waals surface area contributed by atoms with E-state index in [0.29, 0.717) is 25.9 Å². The molecule has 5 nitrogen and oxygen atoms in total. The summed E-state index contributed by atoms with van der Waals surface area (Å²) in [4.78, 5) is 0. The van der Waals surface area contributed by atoms with Crippen LogP contribution in [-0.4, -0.2) is 38.4 Å². The minimum atomic E-state index is -3.42. The number of nitrogens with one attached hydrogen (secondary N) is 1. The van der Waals surface area contributed by atoms with Gasteiger partial charge in [-0.3, -0.25) is 0 Å². The average molecular weight is 265 g/mol. The van der Waals surface area contributed by atoms with Gasteiger partial charge in [0.05, 0.1) is 0 Å². The van der Waals surface area contributed by atoms with Crippen molar-refractivity contribution in [1.82, 2.24) is 9.03 Å². The number of rotatable bonds is 9. The van der Waals surface area contributed by atoms with Gasteiger partial charge >= 0.3 is 0 Å². The maximum atomic E-state index is 12.1. The monoisotopic (exact) mass is 265 g/mol. The van der Waals surface area contributed by atoms with Crippen LogP contribution in [0.1, 0.15) is 46.5 Å². The normalized spacial score (nSPS) is 13.3. The third kappa shape index (κ3) is 4.91. The van der Waals surface area contributed by atoms with E-state index in [2.05, 4.69) is 4.72 Å². The summed E-state index contributed by atoms with van der Waals surface area (Å²) in [6.45, 7) is 6.80. The SMILES string of the molecule is CCCCN(C)S(=O)(=O)NC(CC)(CC)CN. The highest BCUT2D eigenvalue weighted by molar-refractivity contribution is 7.87. The van der Waals surface area contributed by atoms with Crippen molar-refractivity contribution < 1.29 is 8.42 Å². The van der Waals surface area contributed by atoms with Gasteiger partial charge < -0.3 is 5.73 Å². The minimum absolute atomic E-state index is 0.320. The van der Waals surface area contributed by atoms with Crippen molar-refractivity contribution in [3.05, 3.63) is 0 Å². The molecule has 0 aromatic rings. The molecular weight excluding hydrogens is 238 g/mol. The molecule has 6 heteroatoms. The van der Waals surface area contributed by atoms with E-state index >= 15 is 0 Å². The Balaban J connectivity index is 4.72. The second-order valence-corrected chi connectivity index (χ2v) is 6.25. The Morgan fingerprint density at radius 3 is 2.12 bits per heavy atom. The van der Waals surface area contributed by atoms with Crippen LogP contribution in [0.15, 0.2) is 0 Å². The van der Waals surface area contributed by atoms with Gasteiger partial charge in [0.2, 0.25) is 0 Å². The molecule has 0 aliphatic rings. The van der Waals surface area contributed by atoms with Crippen LogP contribution >= 0.6 is 0 Å². The topological polar surface area (TPSA) is 75.4 Å². The summed E-state index contributed by atoms with van der Waals surface area (Å²) in [6, 6.07) is 0. The van der Waals surface area contributed by atoms with Gasteiger partial charge in [-0.05, 0) is 19.3 Å². The van der Waals surface area contributed by atoms with Crippen LogP contribution in [0.5, 0.6) is 0 Å². The Labute approximate surface area is 106 Å². The Kier molecular flexibility index (Phi) is 7.23. The van der Waals surface area contributed by atoms with Gasteiger partial charge in [0.1, 0.15) is 0 Å². The van der Waals surface area contributed by atoms with Crippen molar-refractivity contribution in [2.24, 2.45) is 5.73 Å². The first-order chi connectivity index (χ1) is 7.87. The van der Waals surface area contributed by atoms with Crippen LogP contribution in [0.2, 0.25) is 0 Å². The highest BCUT2D eigenvalue weighted by atomic mass is 32.2. The molecule has 0 rings (SSSR count). The molecule has 0 aliphatic heterocycles. The van der Waals surface area contributed by atoms with Crippen molar-refractivity contribution in [2.45, 2.75) is 52.0 Å². The number of hydrogen-bond acceptors (Lipinski definition) is 3. The molecule has 0 bridgehead atoms. The second-order valence-electron chi connectivity index (χ2n) is 4.47. The lowest BCUT2D eigenvalue weighted by Gasteiger charge is -2.33. The lowest BCUT2D eigenvalue weighted by Crippen LogP contribution is -2.56. The molecule has 0 spiro atoms. The van der Waals surface area contributed by atoms with E-state index in [0.717, 1.165) is 12.8 Å². The molecule has 0 aliphatic carbocycles. The summed E-state index contributed by atoms with van der Waals surface area (Å²) >= 11 is 0. The van der Waals surface area contributed by atoms with Crippen molar-refractivity contribution in [2.75, 3.05) is 20.1 Å². The van der Waals surface area contributed by atoms with Crippen LogP contribution in [0.4, 0.5) is 0 Å². The van der Waals surface area contributed by atoms with Gasteiger partial charge in [0, 0.05) is 25.7 Å². The number of hydrogen-bond donors (Lipinski definition) is 2. The predicted octanol–water partition coefficient (Wildman–Crippen LogP) is 1.07. The fourth-order valence-corrected chi connectivity index (χ4v) is 3.02. The maximum absolute atomic E-state index is 12.1. The lowest BCUT2D eigenvalue weighted by atomic mass is 9.95. The van der Waals surface area contributed by atoms with Crippen molar-refractivity contribution in [3.8, 4) is 0 Å². The summed E-state index contributed by atoms with van der Waals surface area (Å²) in [7, 11) is -1.82. The Hall–Kier alpha value is -0.170. The van der Waals surface area contributed by atoms with Gasteiger partial charge in [0.15, 0.2) is 0 Å². The molecule has 0 fully saturated rings. The molecule has 104 valence electrons. The van der Waals surface area contributed by atoms with Crippen LogP contribution in [0.25, 0.3) is 0 Å². The van der Waals surface area contributed by atoms with E-state index in [4.69, 9.17) is 5.73 Å². The summed E-state index contributed by atoms with van der Waals surface area (Å²) in [5.74, 6) is 0. The third-order valence-corrected chi connectivity index (χ3v) is 5.02. The molecule has 3 N–H and O–H groups in total. The highest BCUT2D eigenvalue weighted by Crippen LogP contribution is 2.15. The first kappa shape index (κ1) is 16.8. The molecule has 0 aromatic carbocycles. The van der Waals surface area contributed by atoms with Crippen molar-refractivity contribution in [3.63, 3.8) is 0 Å². The zero-order valence-corrected chi connectivity index (χ0v) is 12.3. The standard InChI is InChI=1S/C11H27N3O2S/c1-5-8-9-14(4)17(15,16)13-11(6-2,7-3)10-12/h13H,5-10,12H2,1-4H3. The van der Waals surface area contributed by atoms with E-state index in [1.807, 2.05) is 20.8 Å². The quantitative estimate of drug-likeness (QED) is 0.655. The number of nitrogens with two attached hydrogens (primary N) is 1. The first-order valence-electron chi connectivity index (χ1n) is 6.32. The molecule has 0 saturated carbocycles. The van der Waals surface area contributed by atoms with E-state index in [1.54, 1.807) is 7.05 Å². The van der Waals surface area contributed by atoms with Gasteiger partial charge in [-0.25, -0.2) is 0 Å². The van der Waals surface area contributed by atoms with Crippen molar-refractivity contribution in [1.29, 1.82) is 0 Å². The number of nitrogens with zero attached hydrogens (tertiary/aromatic N) is 1. The van der Waals surface area contributed by atoms with E-state index in [9.17, 15) is 8.42 Å². The molecular formula is C11H27N3O2S. The predicted molar refractivity (Wildman–Crippen MR) is 72.0 cm³/mol. The lowest BCUT2D eigenvalue weighted by molar-refractivity contribution is 0.345. The molecule has 0 radical (unpaired) electrons. The average Bonchev–Trinajstić information content (AvgIpc) is 2.33. The smallest absolute Gasteiger partial charge is 0.279 e. The largest absolute Gasteiger partial charge is 0.329 e. The summed E-state index contributed by atoms with van der Waals surface area (Å²) in [5, 5.41) is 0. The first-order valence-corrected chi connectivity index (χ1v) is 7.76. The maximum Gasteiger partial charge on any atom is 0.279 e. The zero-order chi connectivity index (χ0) is 13.5. The van der Waals surface area contributed by atoms with Crippen LogP contribution in [-0.2, 0) is 10.2 Å². The van der Waals surface area contributed by atoms with Gasteiger partial charge in [-0.1, -0.05) is 27.2 Å². The van der Waals surface area contributed by atoms with Crippen LogP contribution < -0.4 is 10.5 Å². The van der Waals surface area contributed by atoms with Gasteiger partial charge in [0.25, 0.3) is 10.2 Å². The molecule has 0 heterocycles. The molecule has 0 atom stereocenters. The van der Waals surface area contributed by atoms with Crippen molar-refractivity contribution >= 4 is 10.2 Å². The number of unbranched alkanes of at least 4 members (excludes halogenated alkanes) is 1. The van der Waals surface area contributed by atoms with Crippen LogP contribution in [0.3, 0.4) is 0 Å². The summed E-state index contributed by atoms with van der Waals surface area (Å²) < 4.78 is 28.3. The zero-order valence-electron chi connectivity index (χ0n) is 11.5. The van der Waals surface area contributed by atoms with Gasteiger partial charge in [-0.15, -0.1) is 0 Å². The molecule has 0 amide bonds. The summed E-state index contributed by atoms with van der Waals surface area (Å²) in [6.07, 6.45) is 3.23. The third-order valence-electron chi connectivity index (χ3n) is 3.33. The van der Waals surface area contributed by atoms with E-state index in [-0.39, 0.29) is 0 Å². The van der Waals surface area contributed by atoms with E-state index in [1.165, 1.54) is 4.31 Å². The Morgan fingerprint density at radius 1 is 1.24 bits per heavy atom. The minimum Gasteiger partial charge on any atom is -0.329 e. The molecule has 0 unspecified atom stereocenters. The second kappa shape index (κ2) is 7.31. The highest BCUT2D eigenvalue weighted by Gasteiger charge is 2.31. The molecule has 0 aromatic heterocycles. The summed E-state index contributed by atoms with van der Waals surface area (Å²) in [5.41, 5.74) is 5.18. The Bertz CT molecular complexity index is 292. The van der Waals surface area contributed by atoms with E-state index < -0.39 is 15.7 Å². The van der Waals surface area contributed by atoms with Crippen LogP contribution in [0, 0.1) is 0 Å².